The Bertz CT molecular complexity index is 537. The van der Waals surface area contributed by atoms with E-state index in [1.165, 1.54) is 0 Å². The average molecular weight is 266 g/mol. The molecule has 0 aliphatic heterocycles. The van der Waals surface area contributed by atoms with Gasteiger partial charge in [-0.05, 0) is 28.5 Å². The van der Waals surface area contributed by atoms with Crippen LogP contribution in [-0.4, -0.2) is 20.2 Å². The van der Waals surface area contributed by atoms with Crippen LogP contribution in [0.3, 0.4) is 0 Å². The quantitative estimate of drug-likeness (QED) is 0.863. The van der Waals surface area contributed by atoms with Crippen molar-refractivity contribution in [1.29, 1.82) is 0 Å². The Hall–Kier alpha value is -1.62. The number of hydrogen-bond acceptors (Lipinski definition) is 4. The van der Waals surface area contributed by atoms with Crippen LogP contribution in [0.4, 0.5) is 5.69 Å². The van der Waals surface area contributed by atoms with E-state index in [0.29, 0.717) is 22.5 Å². The molecule has 0 fully saturated rings. The van der Waals surface area contributed by atoms with E-state index >= 15 is 0 Å². The molecule has 1 heterocycles. The molecule has 1 aromatic carbocycles. The normalized spacial score (nSPS) is 12.6. The minimum absolute atomic E-state index is 0.498. The van der Waals surface area contributed by atoms with Crippen LogP contribution < -0.4 is 5.73 Å². The van der Waals surface area contributed by atoms with Crippen molar-refractivity contribution in [2.75, 3.05) is 5.73 Å². The van der Waals surface area contributed by atoms with Gasteiger partial charge in [-0.2, -0.15) is 0 Å². The van der Waals surface area contributed by atoms with Crippen molar-refractivity contribution in [3.8, 4) is 11.4 Å². The Morgan fingerprint density at radius 1 is 1.44 bits per heavy atom. The molecule has 0 saturated carbocycles. The summed E-state index contributed by atoms with van der Waals surface area (Å²) in [5.41, 5.74) is 7.10. The lowest BCUT2D eigenvalue weighted by atomic mass is 10.1. The van der Waals surface area contributed by atoms with Crippen molar-refractivity contribution in [2.24, 2.45) is 5.92 Å². The molecule has 0 radical (unpaired) electrons. The Labute approximate surface area is 111 Å². The van der Waals surface area contributed by atoms with Gasteiger partial charge in [0, 0.05) is 12.1 Å². The maximum Gasteiger partial charge on any atom is 0.183 e. The maximum atomic E-state index is 6.19. The molecule has 0 spiro atoms. The summed E-state index contributed by atoms with van der Waals surface area (Å²) < 4.78 is 1.77. The van der Waals surface area contributed by atoms with Crippen molar-refractivity contribution in [2.45, 2.75) is 26.8 Å². The fraction of sp³-hybridized carbons (Fsp3) is 0.417. The zero-order chi connectivity index (χ0) is 13.1. The second-order valence-corrected chi connectivity index (χ2v) is 4.78. The van der Waals surface area contributed by atoms with E-state index in [4.69, 9.17) is 17.3 Å². The first-order chi connectivity index (χ1) is 8.63. The second kappa shape index (κ2) is 5.35. The van der Waals surface area contributed by atoms with Crippen molar-refractivity contribution < 1.29 is 0 Å². The minimum Gasteiger partial charge on any atom is -0.398 e. The van der Waals surface area contributed by atoms with E-state index in [0.717, 1.165) is 18.5 Å². The third-order valence-electron chi connectivity index (χ3n) is 2.98. The Balaban J connectivity index is 2.39. The summed E-state index contributed by atoms with van der Waals surface area (Å²) in [6.07, 6.45) is 1.07. The molecule has 5 nitrogen and oxygen atoms in total. The molecule has 1 unspecified atom stereocenters. The Kier molecular flexibility index (Phi) is 3.81. The smallest absolute Gasteiger partial charge is 0.183 e. The summed E-state index contributed by atoms with van der Waals surface area (Å²) in [6, 6.07) is 5.48. The van der Waals surface area contributed by atoms with Crippen molar-refractivity contribution >= 4 is 17.3 Å². The highest BCUT2D eigenvalue weighted by atomic mass is 35.5. The standard InChI is InChI=1S/C12H16ClN5/c1-3-8(2)7-18-12(15-16-17-18)9-5-4-6-10(14)11(9)13/h4-6,8H,3,7,14H2,1-2H3. The van der Waals surface area contributed by atoms with Gasteiger partial charge < -0.3 is 5.73 Å². The number of aromatic nitrogens is 4. The predicted octanol–water partition coefficient (Wildman–Crippen LogP) is 2.62. The molecule has 2 N–H and O–H groups in total. The van der Waals surface area contributed by atoms with Gasteiger partial charge in [0.25, 0.3) is 0 Å². The largest absolute Gasteiger partial charge is 0.398 e. The van der Waals surface area contributed by atoms with Gasteiger partial charge in [0.2, 0.25) is 0 Å². The fourth-order valence-corrected chi connectivity index (χ4v) is 1.88. The van der Waals surface area contributed by atoms with Crippen LogP contribution in [0.25, 0.3) is 11.4 Å². The van der Waals surface area contributed by atoms with Crippen LogP contribution in [0, 0.1) is 5.92 Å². The molecule has 96 valence electrons. The lowest BCUT2D eigenvalue weighted by molar-refractivity contribution is 0.434. The molecular weight excluding hydrogens is 250 g/mol. The Morgan fingerprint density at radius 3 is 2.94 bits per heavy atom. The first kappa shape index (κ1) is 12.8. The van der Waals surface area contributed by atoms with Crippen LogP contribution in [-0.2, 0) is 6.54 Å². The first-order valence-electron chi connectivity index (χ1n) is 5.94. The molecule has 0 saturated heterocycles. The third-order valence-corrected chi connectivity index (χ3v) is 3.40. The SMILES string of the molecule is CCC(C)Cn1nnnc1-c1cccc(N)c1Cl. The second-order valence-electron chi connectivity index (χ2n) is 4.41. The number of tetrazole rings is 1. The highest BCUT2D eigenvalue weighted by molar-refractivity contribution is 6.35. The van der Waals surface area contributed by atoms with Gasteiger partial charge in [0.15, 0.2) is 5.82 Å². The number of anilines is 1. The lowest BCUT2D eigenvalue weighted by Crippen LogP contribution is -2.10. The molecule has 1 atom stereocenters. The Morgan fingerprint density at radius 2 is 2.22 bits per heavy atom. The summed E-state index contributed by atoms with van der Waals surface area (Å²) in [6.45, 7) is 5.07. The lowest BCUT2D eigenvalue weighted by Gasteiger charge is -2.11. The summed E-state index contributed by atoms with van der Waals surface area (Å²) in [4.78, 5) is 0. The maximum absolute atomic E-state index is 6.19. The summed E-state index contributed by atoms with van der Waals surface area (Å²) in [5, 5.41) is 12.3. The molecule has 0 aliphatic carbocycles. The van der Waals surface area contributed by atoms with Crippen molar-refractivity contribution in [3.05, 3.63) is 23.2 Å². The van der Waals surface area contributed by atoms with Gasteiger partial charge >= 0.3 is 0 Å². The van der Waals surface area contributed by atoms with Crippen LogP contribution in [0.15, 0.2) is 18.2 Å². The monoisotopic (exact) mass is 265 g/mol. The van der Waals surface area contributed by atoms with E-state index in [1.54, 1.807) is 10.7 Å². The summed E-state index contributed by atoms with van der Waals surface area (Å²) in [7, 11) is 0. The van der Waals surface area contributed by atoms with E-state index in [-0.39, 0.29) is 0 Å². The summed E-state index contributed by atoms with van der Waals surface area (Å²) >= 11 is 6.19. The summed E-state index contributed by atoms with van der Waals surface area (Å²) in [5.74, 6) is 1.17. The number of hydrogen-bond donors (Lipinski definition) is 1. The number of rotatable bonds is 4. The number of nitrogens with two attached hydrogens (primary N) is 1. The van der Waals surface area contributed by atoms with Gasteiger partial charge in [-0.25, -0.2) is 4.68 Å². The van der Waals surface area contributed by atoms with Crippen LogP contribution in [0.1, 0.15) is 20.3 Å². The van der Waals surface area contributed by atoms with E-state index in [9.17, 15) is 0 Å². The first-order valence-corrected chi connectivity index (χ1v) is 6.31. The minimum atomic E-state index is 0.498. The van der Waals surface area contributed by atoms with E-state index < -0.39 is 0 Å². The number of nitrogen functional groups attached to an aromatic ring is 1. The number of halogens is 1. The molecule has 2 aromatic rings. The third kappa shape index (κ3) is 2.46. The van der Waals surface area contributed by atoms with Gasteiger partial charge in [0.05, 0.1) is 10.7 Å². The fourth-order valence-electron chi connectivity index (χ4n) is 1.67. The van der Waals surface area contributed by atoms with Gasteiger partial charge in [-0.3, -0.25) is 0 Å². The molecule has 2 rings (SSSR count). The zero-order valence-corrected chi connectivity index (χ0v) is 11.2. The highest BCUT2D eigenvalue weighted by Crippen LogP contribution is 2.30. The van der Waals surface area contributed by atoms with E-state index in [1.807, 2.05) is 12.1 Å². The molecule has 0 bridgehead atoms. The number of benzene rings is 1. The molecule has 6 heteroatoms. The van der Waals surface area contributed by atoms with Crippen molar-refractivity contribution in [3.63, 3.8) is 0 Å². The van der Waals surface area contributed by atoms with Crippen LogP contribution in [0.5, 0.6) is 0 Å². The van der Waals surface area contributed by atoms with E-state index in [2.05, 4.69) is 29.4 Å². The van der Waals surface area contributed by atoms with Gasteiger partial charge in [-0.1, -0.05) is 37.9 Å². The molecule has 0 aliphatic rings. The average Bonchev–Trinajstić information content (AvgIpc) is 2.80. The van der Waals surface area contributed by atoms with Crippen LogP contribution >= 0.6 is 11.6 Å². The zero-order valence-electron chi connectivity index (χ0n) is 10.5. The van der Waals surface area contributed by atoms with Gasteiger partial charge in [-0.15, -0.1) is 5.10 Å². The predicted molar refractivity (Wildman–Crippen MR) is 72.1 cm³/mol. The highest BCUT2D eigenvalue weighted by Gasteiger charge is 2.15. The topological polar surface area (TPSA) is 69.6 Å². The molecule has 1 aromatic heterocycles. The molecule has 18 heavy (non-hydrogen) atoms. The van der Waals surface area contributed by atoms with Gasteiger partial charge in [0.1, 0.15) is 0 Å². The van der Waals surface area contributed by atoms with Crippen molar-refractivity contribution in [1.82, 2.24) is 20.2 Å². The number of nitrogens with zero attached hydrogens (tertiary/aromatic N) is 4. The molecular formula is C12H16ClN5. The molecule has 0 amide bonds. The van der Waals surface area contributed by atoms with Crippen LogP contribution in [0.2, 0.25) is 5.02 Å².